The summed E-state index contributed by atoms with van der Waals surface area (Å²) < 4.78 is 5.09. The lowest BCUT2D eigenvalue weighted by atomic mass is 10.2. The SMILES string of the molecule is Cc1ccccc1NC(=O)/C=C/c1ccco1. The molecule has 1 N–H and O–H groups in total. The van der Waals surface area contributed by atoms with Gasteiger partial charge in [0.05, 0.1) is 6.26 Å². The van der Waals surface area contributed by atoms with E-state index < -0.39 is 0 Å². The number of carbonyl (C=O) groups is 1. The highest BCUT2D eigenvalue weighted by atomic mass is 16.3. The molecule has 2 aromatic rings. The van der Waals surface area contributed by atoms with Crippen molar-refractivity contribution in [2.75, 3.05) is 5.32 Å². The highest BCUT2D eigenvalue weighted by Gasteiger charge is 2.00. The Morgan fingerprint density at radius 1 is 1.24 bits per heavy atom. The van der Waals surface area contributed by atoms with Gasteiger partial charge < -0.3 is 9.73 Å². The summed E-state index contributed by atoms with van der Waals surface area (Å²) in [7, 11) is 0. The minimum atomic E-state index is -0.171. The van der Waals surface area contributed by atoms with Crippen LogP contribution < -0.4 is 5.32 Å². The number of anilines is 1. The molecule has 1 amide bonds. The molecule has 17 heavy (non-hydrogen) atoms. The van der Waals surface area contributed by atoms with Crippen LogP contribution in [0.2, 0.25) is 0 Å². The third-order valence-electron chi connectivity index (χ3n) is 2.35. The van der Waals surface area contributed by atoms with Gasteiger partial charge in [-0.15, -0.1) is 0 Å². The Labute approximate surface area is 99.8 Å². The van der Waals surface area contributed by atoms with Crippen LogP contribution in [0.15, 0.2) is 53.2 Å². The van der Waals surface area contributed by atoms with E-state index in [2.05, 4.69) is 5.32 Å². The molecule has 1 aromatic carbocycles. The molecule has 0 aliphatic rings. The third-order valence-corrected chi connectivity index (χ3v) is 2.35. The number of aryl methyl sites for hydroxylation is 1. The van der Waals surface area contributed by atoms with Crippen LogP contribution in [-0.4, -0.2) is 5.91 Å². The van der Waals surface area contributed by atoms with Gasteiger partial charge in [-0.05, 0) is 36.8 Å². The van der Waals surface area contributed by atoms with Gasteiger partial charge in [0.15, 0.2) is 0 Å². The Balaban J connectivity index is 2.01. The van der Waals surface area contributed by atoms with Gasteiger partial charge in [-0.1, -0.05) is 18.2 Å². The minimum absolute atomic E-state index is 0.171. The molecular formula is C14H13NO2. The van der Waals surface area contributed by atoms with E-state index in [1.165, 1.54) is 6.08 Å². The molecule has 1 heterocycles. The lowest BCUT2D eigenvalue weighted by molar-refractivity contribution is -0.111. The lowest BCUT2D eigenvalue weighted by Gasteiger charge is -2.04. The molecule has 0 spiro atoms. The summed E-state index contributed by atoms with van der Waals surface area (Å²) in [5, 5.41) is 2.81. The summed E-state index contributed by atoms with van der Waals surface area (Å²) in [6.07, 6.45) is 4.65. The third kappa shape index (κ3) is 3.08. The van der Waals surface area contributed by atoms with E-state index in [9.17, 15) is 4.79 Å². The van der Waals surface area contributed by atoms with Crippen LogP contribution in [0.25, 0.3) is 6.08 Å². The van der Waals surface area contributed by atoms with Crippen molar-refractivity contribution in [3.8, 4) is 0 Å². The first-order chi connectivity index (χ1) is 8.25. The second-order valence-electron chi connectivity index (χ2n) is 3.65. The van der Waals surface area contributed by atoms with Gasteiger partial charge >= 0.3 is 0 Å². The van der Waals surface area contributed by atoms with Crippen molar-refractivity contribution >= 4 is 17.7 Å². The van der Waals surface area contributed by atoms with E-state index in [1.54, 1.807) is 24.5 Å². The molecule has 0 saturated heterocycles. The smallest absolute Gasteiger partial charge is 0.248 e. The van der Waals surface area contributed by atoms with E-state index in [4.69, 9.17) is 4.42 Å². The minimum Gasteiger partial charge on any atom is -0.465 e. The summed E-state index contributed by atoms with van der Waals surface area (Å²) in [5.41, 5.74) is 1.86. The number of amides is 1. The van der Waals surface area contributed by atoms with Crippen LogP contribution in [0.3, 0.4) is 0 Å². The molecule has 86 valence electrons. The standard InChI is InChI=1S/C14H13NO2/c1-11-5-2-3-7-13(11)15-14(16)9-8-12-6-4-10-17-12/h2-10H,1H3,(H,15,16)/b9-8+. The summed E-state index contributed by atoms with van der Waals surface area (Å²) in [6.45, 7) is 1.95. The van der Waals surface area contributed by atoms with E-state index in [0.717, 1.165) is 11.3 Å². The number of carbonyl (C=O) groups excluding carboxylic acids is 1. The number of rotatable bonds is 3. The zero-order chi connectivity index (χ0) is 12.1. The molecule has 1 aromatic heterocycles. The van der Waals surface area contributed by atoms with Crippen LogP contribution >= 0.6 is 0 Å². The molecule has 0 radical (unpaired) electrons. The maximum Gasteiger partial charge on any atom is 0.248 e. The number of nitrogens with one attached hydrogen (secondary N) is 1. The summed E-state index contributed by atoms with van der Waals surface area (Å²) in [6, 6.07) is 11.2. The van der Waals surface area contributed by atoms with E-state index in [1.807, 2.05) is 31.2 Å². The molecule has 0 atom stereocenters. The Hall–Kier alpha value is -2.29. The van der Waals surface area contributed by atoms with Gasteiger partial charge in [0, 0.05) is 11.8 Å². The summed E-state index contributed by atoms with van der Waals surface area (Å²) >= 11 is 0. The molecule has 0 fully saturated rings. The molecule has 0 unspecified atom stereocenters. The van der Waals surface area contributed by atoms with E-state index >= 15 is 0 Å². The second-order valence-corrected chi connectivity index (χ2v) is 3.65. The van der Waals surface area contributed by atoms with Crippen LogP contribution in [-0.2, 0) is 4.79 Å². The normalized spacial score (nSPS) is 10.6. The highest BCUT2D eigenvalue weighted by Crippen LogP contribution is 2.13. The number of benzene rings is 1. The van der Waals surface area contributed by atoms with Gasteiger partial charge in [0.2, 0.25) is 5.91 Å². The Kier molecular flexibility index (Phi) is 3.40. The predicted molar refractivity (Wildman–Crippen MR) is 67.6 cm³/mol. The van der Waals surface area contributed by atoms with Gasteiger partial charge in [0.25, 0.3) is 0 Å². The number of hydrogen-bond donors (Lipinski definition) is 1. The monoisotopic (exact) mass is 227 g/mol. The van der Waals surface area contributed by atoms with Crippen LogP contribution in [0.4, 0.5) is 5.69 Å². The van der Waals surface area contributed by atoms with Crippen molar-refractivity contribution in [1.29, 1.82) is 0 Å². The number of furan rings is 1. The molecular weight excluding hydrogens is 214 g/mol. The molecule has 0 aliphatic heterocycles. The molecule has 0 aliphatic carbocycles. The molecule has 3 nitrogen and oxygen atoms in total. The maximum absolute atomic E-state index is 11.6. The highest BCUT2D eigenvalue weighted by molar-refractivity contribution is 6.02. The first kappa shape index (κ1) is 11.2. The van der Waals surface area contributed by atoms with Crippen LogP contribution in [0.5, 0.6) is 0 Å². The van der Waals surface area contributed by atoms with Crippen molar-refractivity contribution in [2.24, 2.45) is 0 Å². The molecule has 3 heteroatoms. The van der Waals surface area contributed by atoms with Gasteiger partial charge in [-0.25, -0.2) is 0 Å². The van der Waals surface area contributed by atoms with Crippen molar-refractivity contribution in [3.05, 3.63) is 60.1 Å². The van der Waals surface area contributed by atoms with Gasteiger partial charge in [0.1, 0.15) is 5.76 Å². The van der Waals surface area contributed by atoms with Crippen LogP contribution in [0.1, 0.15) is 11.3 Å². The lowest BCUT2D eigenvalue weighted by Crippen LogP contribution is -2.08. The van der Waals surface area contributed by atoms with Crippen molar-refractivity contribution in [2.45, 2.75) is 6.92 Å². The predicted octanol–water partition coefficient (Wildman–Crippen LogP) is 3.24. The molecule has 2 rings (SSSR count). The van der Waals surface area contributed by atoms with Crippen LogP contribution in [0, 0.1) is 6.92 Å². The van der Waals surface area contributed by atoms with Crippen molar-refractivity contribution < 1.29 is 9.21 Å². The van der Waals surface area contributed by atoms with E-state index in [-0.39, 0.29) is 5.91 Å². The summed E-state index contributed by atoms with van der Waals surface area (Å²) in [4.78, 5) is 11.6. The average Bonchev–Trinajstić information content (AvgIpc) is 2.82. The van der Waals surface area contributed by atoms with Gasteiger partial charge in [-0.3, -0.25) is 4.79 Å². The quantitative estimate of drug-likeness (QED) is 0.818. The first-order valence-corrected chi connectivity index (χ1v) is 5.34. The maximum atomic E-state index is 11.6. The average molecular weight is 227 g/mol. The zero-order valence-electron chi connectivity index (χ0n) is 9.51. The Morgan fingerprint density at radius 2 is 2.06 bits per heavy atom. The number of para-hydroxylation sites is 1. The fourth-order valence-electron chi connectivity index (χ4n) is 1.43. The van der Waals surface area contributed by atoms with Gasteiger partial charge in [-0.2, -0.15) is 0 Å². The molecule has 0 bridgehead atoms. The Bertz CT molecular complexity index is 527. The Morgan fingerprint density at radius 3 is 2.76 bits per heavy atom. The fraction of sp³-hybridized carbons (Fsp3) is 0.0714. The summed E-state index contributed by atoms with van der Waals surface area (Å²) in [5.74, 6) is 0.487. The van der Waals surface area contributed by atoms with Crippen molar-refractivity contribution in [3.63, 3.8) is 0 Å². The molecule has 0 saturated carbocycles. The first-order valence-electron chi connectivity index (χ1n) is 5.34. The second kappa shape index (κ2) is 5.16. The largest absolute Gasteiger partial charge is 0.465 e. The van der Waals surface area contributed by atoms with E-state index in [0.29, 0.717) is 5.76 Å². The van der Waals surface area contributed by atoms with Crippen molar-refractivity contribution in [1.82, 2.24) is 0 Å². The zero-order valence-corrected chi connectivity index (χ0v) is 9.51. The number of hydrogen-bond acceptors (Lipinski definition) is 2. The fourth-order valence-corrected chi connectivity index (χ4v) is 1.43. The topological polar surface area (TPSA) is 42.2 Å².